The molecule has 0 aromatic carbocycles. The summed E-state index contributed by atoms with van der Waals surface area (Å²) in [4.78, 5) is 37.3. The summed E-state index contributed by atoms with van der Waals surface area (Å²) in [6, 6.07) is 0. The number of hydrogen-bond donors (Lipinski definition) is 1. The summed E-state index contributed by atoms with van der Waals surface area (Å²) in [5.74, 6) is 0.422. The molecule has 2 unspecified atom stereocenters. The van der Waals surface area contributed by atoms with Crippen LogP contribution in [0, 0.1) is 24.7 Å². The number of aromatic amines is 1. The van der Waals surface area contributed by atoms with Gasteiger partial charge in [0.05, 0.1) is 31.0 Å². The molecule has 1 aromatic rings. The lowest BCUT2D eigenvalue weighted by molar-refractivity contribution is -0.142. The van der Waals surface area contributed by atoms with Crippen molar-refractivity contribution in [2.75, 3.05) is 20.1 Å². The lowest BCUT2D eigenvalue weighted by atomic mass is 9.76. The van der Waals surface area contributed by atoms with Crippen molar-refractivity contribution in [1.82, 2.24) is 19.8 Å². The number of likely N-dealkylation sites (tertiary alicyclic amines) is 1. The van der Waals surface area contributed by atoms with E-state index in [1.54, 1.807) is 18.1 Å². The van der Waals surface area contributed by atoms with Crippen molar-refractivity contribution in [3.63, 3.8) is 0 Å². The zero-order valence-electron chi connectivity index (χ0n) is 16.4. The molecule has 146 valence electrons. The Bertz CT molecular complexity index is 786. The summed E-state index contributed by atoms with van der Waals surface area (Å²) in [5.41, 5.74) is 0.337. The van der Waals surface area contributed by atoms with E-state index in [1.165, 1.54) is 0 Å². The summed E-state index contributed by atoms with van der Waals surface area (Å²) in [7, 11) is 1.76. The number of rotatable bonds is 6. The molecule has 7 heteroatoms. The van der Waals surface area contributed by atoms with Crippen molar-refractivity contribution in [3.8, 4) is 0 Å². The zero-order valence-corrected chi connectivity index (χ0v) is 16.4. The van der Waals surface area contributed by atoms with E-state index in [0.717, 1.165) is 24.5 Å². The van der Waals surface area contributed by atoms with Crippen LogP contribution in [0.25, 0.3) is 0 Å². The first-order valence-electron chi connectivity index (χ1n) is 9.72. The number of aryl methyl sites for hydroxylation is 1. The van der Waals surface area contributed by atoms with Crippen molar-refractivity contribution in [3.05, 3.63) is 29.9 Å². The first kappa shape index (κ1) is 18.2. The van der Waals surface area contributed by atoms with Gasteiger partial charge in [-0.2, -0.15) is 0 Å². The normalized spacial score (nSPS) is 31.2. The van der Waals surface area contributed by atoms with Gasteiger partial charge in [0.2, 0.25) is 11.8 Å². The van der Waals surface area contributed by atoms with E-state index in [-0.39, 0.29) is 17.9 Å². The average molecular weight is 372 g/mol. The van der Waals surface area contributed by atoms with Crippen molar-refractivity contribution in [2.45, 2.75) is 45.4 Å². The van der Waals surface area contributed by atoms with Gasteiger partial charge < -0.3 is 19.5 Å². The van der Waals surface area contributed by atoms with Crippen molar-refractivity contribution < 1.29 is 14.3 Å². The van der Waals surface area contributed by atoms with Gasteiger partial charge in [-0.3, -0.25) is 9.59 Å². The second-order valence-electron chi connectivity index (χ2n) is 8.55. The molecule has 27 heavy (non-hydrogen) atoms. The molecule has 2 fully saturated rings. The van der Waals surface area contributed by atoms with Gasteiger partial charge in [-0.25, -0.2) is 4.98 Å². The number of carbonyl (C=O) groups is 2. The number of amides is 2. The number of ether oxygens (including phenoxy) is 1. The smallest absolute Gasteiger partial charge is 0.230 e. The number of fused-ring (bicyclic) bond motifs is 1. The number of aromatic nitrogens is 2. The second-order valence-corrected chi connectivity index (χ2v) is 8.55. The topological polar surface area (TPSA) is 78.5 Å². The molecular weight excluding hydrogens is 344 g/mol. The second kappa shape index (κ2) is 6.48. The molecule has 0 aliphatic carbocycles. The predicted octanol–water partition coefficient (Wildman–Crippen LogP) is 1.50. The Morgan fingerprint density at radius 1 is 1.52 bits per heavy atom. The van der Waals surface area contributed by atoms with E-state index < -0.39 is 17.4 Å². The van der Waals surface area contributed by atoms with E-state index in [9.17, 15) is 9.59 Å². The number of imidazole rings is 1. The summed E-state index contributed by atoms with van der Waals surface area (Å²) in [6.07, 6.45) is 6.37. The molecule has 1 N–H and O–H groups in total. The van der Waals surface area contributed by atoms with Gasteiger partial charge in [-0.1, -0.05) is 26.0 Å². The Labute approximate surface area is 159 Å². The van der Waals surface area contributed by atoms with E-state index in [4.69, 9.17) is 4.74 Å². The molecular formula is C20H28N4O3. The first-order chi connectivity index (χ1) is 12.8. The lowest BCUT2D eigenvalue weighted by Gasteiger charge is -2.27. The molecule has 1 aromatic heterocycles. The monoisotopic (exact) mass is 372 g/mol. The highest BCUT2D eigenvalue weighted by atomic mass is 16.5. The maximum Gasteiger partial charge on any atom is 0.230 e. The minimum absolute atomic E-state index is 0.0515. The van der Waals surface area contributed by atoms with Crippen LogP contribution in [0.1, 0.15) is 31.8 Å². The van der Waals surface area contributed by atoms with Crippen LogP contribution in [0.4, 0.5) is 0 Å². The largest absolute Gasteiger partial charge is 0.360 e. The van der Waals surface area contributed by atoms with Crippen LogP contribution in [0.15, 0.2) is 18.3 Å². The molecule has 2 bridgehead atoms. The summed E-state index contributed by atoms with van der Waals surface area (Å²) < 4.78 is 6.18. The average Bonchev–Trinajstić information content (AvgIpc) is 3.34. The molecule has 3 aliphatic rings. The fourth-order valence-electron chi connectivity index (χ4n) is 4.57. The minimum Gasteiger partial charge on any atom is -0.360 e. The number of nitrogens with one attached hydrogen (secondary N) is 1. The Hall–Kier alpha value is -2.15. The Balaban J connectivity index is 1.51. The third-order valence-electron chi connectivity index (χ3n) is 5.96. The van der Waals surface area contributed by atoms with Crippen LogP contribution in [0.5, 0.6) is 0 Å². The Morgan fingerprint density at radius 3 is 2.96 bits per heavy atom. The summed E-state index contributed by atoms with van der Waals surface area (Å²) in [5, 5.41) is 0. The number of carbonyl (C=O) groups excluding carboxylic acids is 2. The van der Waals surface area contributed by atoms with Crippen LogP contribution < -0.4 is 0 Å². The van der Waals surface area contributed by atoms with Crippen molar-refractivity contribution >= 4 is 11.8 Å². The van der Waals surface area contributed by atoms with Gasteiger partial charge in [-0.05, 0) is 19.3 Å². The van der Waals surface area contributed by atoms with Gasteiger partial charge >= 0.3 is 0 Å². The molecule has 4 atom stereocenters. The number of H-pyrrole nitrogens is 1. The highest BCUT2D eigenvalue weighted by Crippen LogP contribution is 2.52. The summed E-state index contributed by atoms with van der Waals surface area (Å²) >= 11 is 0. The zero-order chi connectivity index (χ0) is 19.3. The van der Waals surface area contributed by atoms with Crippen LogP contribution >= 0.6 is 0 Å². The van der Waals surface area contributed by atoms with Gasteiger partial charge in [-0.15, -0.1) is 0 Å². The number of hydrogen-bond acceptors (Lipinski definition) is 4. The van der Waals surface area contributed by atoms with Gasteiger partial charge in [0.25, 0.3) is 0 Å². The third-order valence-corrected chi connectivity index (χ3v) is 5.96. The van der Waals surface area contributed by atoms with Crippen LogP contribution in [-0.4, -0.2) is 63.4 Å². The maximum absolute atomic E-state index is 13.2. The van der Waals surface area contributed by atoms with E-state index in [2.05, 4.69) is 23.8 Å². The molecule has 4 heterocycles. The van der Waals surface area contributed by atoms with Crippen LogP contribution in [0.2, 0.25) is 0 Å². The quantitative estimate of drug-likeness (QED) is 0.768. The Kier molecular flexibility index (Phi) is 4.37. The molecule has 4 rings (SSSR count). The van der Waals surface area contributed by atoms with E-state index in [1.807, 2.05) is 24.0 Å². The maximum atomic E-state index is 13.2. The minimum atomic E-state index is -0.624. The Morgan fingerprint density at radius 2 is 2.30 bits per heavy atom. The SMILES string of the molecule is Cc1cnc(CN(C)C(=O)C2C3C(=O)N(CCC(C)C)C[C@]34C=C[C@H]2O4)[nH]1. The standard InChI is InChI=1S/C20H28N4O3/c1-12(2)6-8-24-11-20-7-5-14(27-20)16(17(20)19(24)26)18(25)23(4)10-15-21-9-13(3)22-15/h5,7,9,12,14,16-17H,6,8,10-11H2,1-4H3,(H,21,22)/t14-,16?,17?,20-/m1/s1. The summed E-state index contributed by atoms with van der Waals surface area (Å²) in [6.45, 7) is 7.91. The van der Waals surface area contributed by atoms with Crippen LogP contribution in [0.3, 0.4) is 0 Å². The first-order valence-corrected chi connectivity index (χ1v) is 9.72. The lowest BCUT2D eigenvalue weighted by Crippen LogP contribution is -2.44. The number of nitrogens with zero attached hydrogens (tertiary/aromatic N) is 3. The van der Waals surface area contributed by atoms with Crippen LogP contribution in [-0.2, 0) is 20.9 Å². The molecule has 0 saturated carbocycles. The highest BCUT2D eigenvalue weighted by Gasteiger charge is 2.66. The highest BCUT2D eigenvalue weighted by molar-refractivity contribution is 5.92. The molecule has 0 radical (unpaired) electrons. The van der Waals surface area contributed by atoms with E-state index in [0.29, 0.717) is 19.0 Å². The van der Waals surface area contributed by atoms with Crippen molar-refractivity contribution in [1.29, 1.82) is 0 Å². The van der Waals surface area contributed by atoms with Gasteiger partial charge in [0.1, 0.15) is 11.4 Å². The van der Waals surface area contributed by atoms with Gasteiger partial charge in [0, 0.05) is 25.5 Å². The molecule has 2 saturated heterocycles. The van der Waals surface area contributed by atoms with E-state index >= 15 is 0 Å². The fourth-order valence-corrected chi connectivity index (χ4v) is 4.57. The third kappa shape index (κ3) is 2.98. The predicted molar refractivity (Wildman–Crippen MR) is 99.6 cm³/mol. The fraction of sp³-hybridized carbons (Fsp3) is 0.650. The molecule has 7 nitrogen and oxygen atoms in total. The molecule has 1 spiro atoms. The molecule has 2 amide bonds. The van der Waals surface area contributed by atoms with Gasteiger partial charge in [0.15, 0.2) is 0 Å². The molecule has 3 aliphatic heterocycles. The van der Waals surface area contributed by atoms with Crippen molar-refractivity contribution in [2.24, 2.45) is 17.8 Å².